The predicted octanol–water partition coefficient (Wildman–Crippen LogP) is 3.34. The lowest BCUT2D eigenvalue weighted by atomic mass is 9.88. The molecule has 1 heterocycles. The highest BCUT2D eigenvalue weighted by molar-refractivity contribution is 5.78. The Morgan fingerprint density at radius 3 is 2.19 bits per heavy atom. The van der Waals surface area contributed by atoms with Crippen LogP contribution in [0.15, 0.2) is 0 Å². The van der Waals surface area contributed by atoms with Gasteiger partial charge in [0.25, 0.3) is 0 Å². The summed E-state index contributed by atoms with van der Waals surface area (Å²) in [6.07, 6.45) is 14.6. The number of piperidine rings is 1. The zero-order valence-electron chi connectivity index (χ0n) is 17.3. The molecule has 1 amide bonds. The second-order valence-electron chi connectivity index (χ2n) is 8.82. The maximum Gasteiger partial charge on any atom is 0.248 e. The van der Waals surface area contributed by atoms with Crippen LogP contribution in [-0.4, -0.2) is 71.3 Å². The van der Waals surface area contributed by atoms with Gasteiger partial charge in [-0.15, -0.1) is 0 Å². The first-order valence-corrected chi connectivity index (χ1v) is 11.5. The van der Waals surface area contributed by atoms with E-state index in [2.05, 4.69) is 16.7 Å². The summed E-state index contributed by atoms with van der Waals surface area (Å²) in [4.78, 5) is 17.2. The van der Waals surface area contributed by atoms with Crippen LogP contribution in [0.3, 0.4) is 0 Å². The molecule has 3 rings (SSSR count). The van der Waals surface area contributed by atoms with Crippen molar-refractivity contribution in [1.82, 2.24) is 9.80 Å². The summed E-state index contributed by atoms with van der Waals surface area (Å²) < 4.78 is 5.94. The Kier molecular flexibility index (Phi) is 8.41. The van der Waals surface area contributed by atoms with E-state index in [9.17, 15) is 9.90 Å². The molecule has 0 aromatic carbocycles. The molecule has 0 spiro atoms. The van der Waals surface area contributed by atoms with Crippen molar-refractivity contribution < 1.29 is 14.6 Å². The van der Waals surface area contributed by atoms with Crippen molar-refractivity contribution in [1.29, 1.82) is 0 Å². The minimum Gasteiger partial charge on any atom is -0.387 e. The predicted molar refractivity (Wildman–Crippen MR) is 108 cm³/mol. The second-order valence-corrected chi connectivity index (χ2v) is 8.82. The summed E-state index contributed by atoms with van der Waals surface area (Å²) in [5, 5.41) is 9.50. The van der Waals surface area contributed by atoms with Gasteiger partial charge in [0.15, 0.2) is 0 Å². The van der Waals surface area contributed by atoms with Gasteiger partial charge in [-0.1, -0.05) is 26.2 Å². The van der Waals surface area contributed by atoms with Gasteiger partial charge in [-0.3, -0.25) is 4.79 Å². The summed E-state index contributed by atoms with van der Waals surface area (Å²) in [6, 6.07) is 1.39. The molecule has 1 saturated heterocycles. The third-order valence-corrected chi connectivity index (χ3v) is 7.00. The van der Waals surface area contributed by atoms with Crippen LogP contribution in [0.1, 0.15) is 84.0 Å². The van der Waals surface area contributed by atoms with Crippen LogP contribution in [0.2, 0.25) is 0 Å². The summed E-state index contributed by atoms with van der Waals surface area (Å²) in [5.74, 6) is -0.0473. The molecular weight excluding hydrogens is 340 g/mol. The van der Waals surface area contributed by atoms with Crippen LogP contribution in [0.4, 0.5) is 0 Å². The summed E-state index contributed by atoms with van der Waals surface area (Å²) >= 11 is 0. The Bertz CT molecular complexity index is 437. The minimum atomic E-state index is -0.335. The van der Waals surface area contributed by atoms with Crippen molar-refractivity contribution in [3.63, 3.8) is 0 Å². The van der Waals surface area contributed by atoms with E-state index in [0.717, 1.165) is 51.8 Å². The molecule has 27 heavy (non-hydrogen) atoms. The topological polar surface area (TPSA) is 53.0 Å². The summed E-state index contributed by atoms with van der Waals surface area (Å²) in [7, 11) is 0. The quantitative estimate of drug-likeness (QED) is 0.736. The van der Waals surface area contributed by atoms with E-state index >= 15 is 0 Å². The van der Waals surface area contributed by atoms with Gasteiger partial charge < -0.3 is 19.6 Å². The number of rotatable bonds is 7. The van der Waals surface area contributed by atoms with E-state index in [1.54, 1.807) is 0 Å². The van der Waals surface area contributed by atoms with E-state index in [-0.39, 0.29) is 12.5 Å². The van der Waals surface area contributed by atoms with Gasteiger partial charge in [-0.05, 0) is 57.8 Å². The van der Waals surface area contributed by atoms with Gasteiger partial charge in [0, 0.05) is 37.8 Å². The average molecular weight is 381 g/mol. The van der Waals surface area contributed by atoms with E-state index in [4.69, 9.17) is 4.74 Å². The van der Waals surface area contributed by atoms with Gasteiger partial charge in [0.2, 0.25) is 5.91 Å². The molecule has 2 saturated carbocycles. The molecule has 0 radical (unpaired) electrons. The normalized spacial score (nSPS) is 29.0. The first-order chi connectivity index (χ1) is 13.2. The lowest BCUT2D eigenvalue weighted by Crippen LogP contribution is -2.54. The van der Waals surface area contributed by atoms with E-state index in [1.165, 1.54) is 44.9 Å². The molecule has 0 atom stereocenters. The summed E-state index contributed by atoms with van der Waals surface area (Å²) in [6.45, 7) is 4.93. The monoisotopic (exact) mass is 380 g/mol. The fraction of sp³-hybridized carbons (Fsp3) is 0.955. The zero-order chi connectivity index (χ0) is 19.1. The number of aliphatic hydroxyl groups excluding tert-OH is 1. The standard InChI is InChI=1S/C22H40N2O3/c1-2-16-27-21-10-8-18(9-11-21)23-14-12-20(13-15-23)24(22(26)17-25)19-6-4-3-5-7-19/h18-21,25H,2-17H2,1H3. The van der Waals surface area contributed by atoms with Gasteiger partial charge >= 0.3 is 0 Å². The fourth-order valence-corrected chi connectivity index (χ4v) is 5.54. The third-order valence-electron chi connectivity index (χ3n) is 7.00. The van der Waals surface area contributed by atoms with Crippen LogP contribution >= 0.6 is 0 Å². The third kappa shape index (κ3) is 5.68. The van der Waals surface area contributed by atoms with Crippen LogP contribution in [0.5, 0.6) is 0 Å². The lowest BCUT2D eigenvalue weighted by molar-refractivity contribution is -0.141. The fourth-order valence-electron chi connectivity index (χ4n) is 5.54. The van der Waals surface area contributed by atoms with Crippen LogP contribution < -0.4 is 0 Å². The summed E-state index contributed by atoms with van der Waals surface area (Å²) in [5.41, 5.74) is 0. The Morgan fingerprint density at radius 2 is 1.59 bits per heavy atom. The van der Waals surface area contributed by atoms with Crippen molar-refractivity contribution in [2.45, 2.75) is 108 Å². The van der Waals surface area contributed by atoms with Crippen LogP contribution in [0, 0.1) is 0 Å². The molecule has 0 unspecified atom stereocenters. The number of nitrogens with zero attached hydrogens (tertiary/aromatic N) is 2. The first-order valence-electron chi connectivity index (χ1n) is 11.5. The molecule has 1 N–H and O–H groups in total. The van der Waals surface area contributed by atoms with Crippen LogP contribution in [-0.2, 0) is 9.53 Å². The first kappa shape index (κ1) is 21.1. The number of amides is 1. The largest absolute Gasteiger partial charge is 0.387 e. The highest BCUT2D eigenvalue weighted by Crippen LogP contribution is 2.31. The molecule has 2 aliphatic carbocycles. The van der Waals surface area contributed by atoms with E-state index in [0.29, 0.717) is 24.2 Å². The zero-order valence-corrected chi connectivity index (χ0v) is 17.3. The molecule has 156 valence electrons. The van der Waals surface area contributed by atoms with Gasteiger partial charge in [0.1, 0.15) is 6.61 Å². The van der Waals surface area contributed by atoms with Crippen LogP contribution in [0.25, 0.3) is 0 Å². The van der Waals surface area contributed by atoms with E-state index in [1.807, 2.05) is 0 Å². The Morgan fingerprint density at radius 1 is 0.963 bits per heavy atom. The van der Waals surface area contributed by atoms with Gasteiger partial charge in [-0.25, -0.2) is 0 Å². The maximum atomic E-state index is 12.5. The van der Waals surface area contributed by atoms with Crippen molar-refractivity contribution in [3.05, 3.63) is 0 Å². The molecular formula is C22H40N2O3. The number of carbonyl (C=O) groups excluding carboxylic acids is 1. The molecule has 0 aromatic heterocycles. The number of hydrogen-bond acceptors (Lipinski definition) is 4. The number of aliphatic hydroxyl groups is 1. The average Bonchev–Trinajstić information content (AvgIpc) is 2.74. The number of likely N-dealkylation sites (tertiary alicyclic amines) is 1. The molecule has 3 aliphatic rings. The Balaban J connectivity index is 1.47. The second kappa shape index (κ2) is 10.8. The molecule has 5 heteroatoms. The molecule has 3 fully saturated rings. The number of hydrogen-bond donors (Lipinski definition) is 1. The lowest BCUT2D eigenvalue weighted by Gasteiger charge is -2.46. The maximum absolute atomic E-state index is 12.5. The highest BCUT2D eigenvalue weighted by Gasteiger charge is 2.35. The van der Waals surface area contributed by atoms with Crippen molar-refractivity contribution in [2.24, 2.45) is 0 Å². The number of ether oxygens (including phenoxy) is 1. The molecule has 5 nitrogen and oxygen atoms in total. The minimum absolute atomic E-state index is 0.0473. The van der Waals surface area contributed by atoms with Crippen molar-refractivity contribution in [3.8, 4) is 0 Å². The molecule has 0 aromatic rings. The Hall–Kier alpha value is -0.650. The molecule has 1 aliphatic heterocycles. The van der Waals surface area contributed by atoms with Gasteiger partial charge in [-0.2, -0.15) is 0 Å². The van der Waals surface area contributed by atoms with Crippen molar-refractivity contribution in [2.75, 3.05) is 26.3 Å². The smallest absolute Gasteiger partial charge is 0.248 e. The van der Waals surface area contributed by atoms with E-state index < -0.39 is 0 Å². The highest BCUT2D eigenvalue weighted by atomic mass is 16.5. The SMILES string of the molecule is CCCOC1CCC(N2CCC(N(C(=O)CO)C3CCCCC3)CC2)CC1. The molecule has 0 bridgehead atoms. The van der Waals surface area contributed by atoms with Crippen molar-refractivity contribution >= 4 is 5.91 Å². The van der Waals surface area contributed by atoms with Gasteiger partial charge in [0.05, 0.1) is 6.10 Å². The number of carbonyl (C=O) groups is 1. The Labute approximate surface area is 165 Å².